The second-order valence-corrected chi connectivity index (χ2v) is 8.44. The third-order valence-corrected chi connectivity index (χ3v) is 6.06. The number of hydrogen-bond acceptors (Lipinski definition) is 6. The van der Waals surface area contributed by atoms with Crippen molar-refractivity contribution in [2.24, 2.45) is 0 Å². The molecule has 0 radical (unpaired) electrons. The van der Waals surface area contributed by atoms with Crippen molar-refractivity contribution in [1.82, 2.24) is 24.5 Å². The Labute approximate surface area is 198 Å². The Kier molecular flexibility index (Phi) is 6.46. The van der Waals surface area contributed by atoms with Crippen molar-refractivity contribution < 1.29 is 4.39 Å². The van der Waals surface area contributed by atoms with E-state index in [0.717, 1.165) is 73.1 Å². The summed E-state index contributed by atoms with van der Waals surface area (Å²) in [6.45, 7) is 3.71. The van der Waals surface area contributed by atoms with Crippen LogP contribution in [0.4, 0.5) is 16.2 Å². The van der Waals surface area contributed by atoms with Crippen LogP contribution < -0.4 is 10.6 Å². The lowest BCUT2D eigenvalue weighted by atomic mass is 10.1. The number of pyridine rings is 1. The van der Waals surface area contributed by atoms with Crippen LogP contribution in [-0.4, -0.2) is 37.6 Å². The van der Waals surface area contributed by atoms with E-state index in [4.69, 9.17) is 9.97 Å². The lowest BCUT2D eigenvalue weighted by molar-refractivity contribution is 0.558. The maximum absolute atomic E-state index is 13.6. The maximum Gasteiger partial charge on any atom is 0.223 e. The smallest absolute Gasteiger partial charge is 0.223 e. The van der Waals surface area contributed by atoms with E-state index in [1.807, 2.05) is 24.3 Å². The fourth-order valence-electron chi connectivity index (χ4n) is 4.36. The van der Waals surface area contributed by atoms with E-state index < -0.39 is 0 Å². The van der Waals surface area contributed by atoms with Gasteiger partial charge in [-0.15, -0.1) is 0 Å². The van der Waals surface area contributed by atoms with Gasteiger partial charge in [-0.3, -0.25) is 0 Å². The van der Waals surface area contributed by atoms with Gasteiger partial charge < -0.3 is 15.2 Å². The fraction of sp³-hybridized carbons (Fsp3) is 0.308. The molecule has 3 aromatic heterocycles. The number of aromatic nitrogens is 5. The van der Waals surface area contributed by atoms with Crippen molar-refractivity contribution in [3.8, 4) is 22.6 Å². The molecule has 1 aliphatic heterocycles. The molecule has 5 rings (SSSR count). The maximum atomic E-state index is 13.6. The van der Waals surface area contributed by atoms with Gasteiger partial charge in [0, 0.05) is 37.5 Å². The minimum Gasteiger partial charge on any atom is -0.368 e. The number of nitrogens with zero attached hydrogens (tertiary/aromatic N) is 5. The van der Waals surface area contributed by atoms with E-state index in [0.29, 0.717) is 5.95 Å². The summed E-state index contributed by atoms with van der Waals surface area (Å²) in [6, 6.07) is 14.5. The van der Waals surface area contributed by atoms with Crippen LogP contribution in [0.3, 0.4) is 0 Å². The molecule has 0 bridgehead atoms. The zero-order chi connectivity index (χ0) is 23.3. The predicted molar refractivity (Wildman–Crippen MR) is 132 cm³/mol. The molecular weight excluding hydrogens is 429 g/mol. The van der Waals surface area contributed by atoms with Crippen molar-refractivity contribution in [3.05, 3.63) is 72.6 Å². The molecule has 0 amide bonds. The molecule has 8 heteroatoms. The zero-order valence-electron chi connectivity index (χ0n) is 19.2. The van der Waals surface area contributed by atoms with E-state index in [-0.39, 0.29) is 11.9 Å². The summed E-state index contributed by atoms with van der Waals surface area (Å²) in [5.41, 5.74) is 3.43. The van der Waals surface area contributed by atoms with Crippen molar-refractivity contribution in [3.63, 3.8) is 0 Å². The van der Waals surface area contributed by atoms with Crippen LogP contribution in [0.5, 0.6) is 0 Å². The van der Waals surface area contributed by atoms with Crippen molar-refractivity contribution in [2.75, 3.05) is 23.7 Å². The number of aryl methyl sites for hydroxylation is 1. The standard InChI is InChI=1S/C26H28FN7/c1-2-3-14-29-26-30-16-13-21(32-26)25-24(18-7-9-19(27)10-8-18)33-23-12-11-20(34(23)25)17-31-22-6-4-5-15-28-22/h4-10,13,15-16,20H,2-3,11-12,14,17H2,1H3,(H,28,31)(H,29,30,32). The predicted octanol–water partition coefficient (Wildman–Crippen LogP) is 5.35. The Hall–Kier alpha value is -3.81. The quantitative estimate of drug-likeness (QED) is 0.330. The number of nitrogens with one attached hydrogen (secondary N) is 2. The highest BCUT2D eigenvalue weighted by atomic mass is 19.1. The second kappa shape index (κ2) is 9.99. The van der Waals surface area contributed by atoms with Crippen LogP contribution in [0.2, 0.25) is 0 Å². The molecule has 1 atom stereocenters. The van der Waals surface area contributed by atoms with Gasteiger partial charge in [-0.2, -0.15) is 0 Å². The summed E-state index contributed by atoms with van der Waals surface area (Å²) in [6.07, 6.45) is 7.56. The van der Waals surface area contributed by atoms with Crippen LogP contribution in [0.1, 0.15) is 38.1 Å². The second-order valence-electron chi connectivity index (χ2n) is 8.44. The van der Waals surface area contributed by atoms with Crippen LogP contribution >= 0.6 is 0 Å². The SMILES string of the molecule is CCCCNc1nccc(-c2c(-c3ccc(F)cc3)nc3n2C(CNc2ccccn2)CC3)n1. The van der Waals surface area contributed by atoms with Gasteiger partial charge in [0.2, 0.25) is 5.95 Å². The number of benzene rings is 1. The summed E-state index contributed by atoms with van der Waals surface area (Å²) < 4.78 is 15.9. The Morgan fingerprint density at radius 1 is 1.00 bits per heavy atom. The van der Waals surface area contributed by atoms with E-state index in [2.05, 4.69) is 32.1 Å². The van der Waals surface area contributed by atoms with Crippen molar-refractivity contribution in [1.29, 1.82) is 0 Å². The summed E-state index contributed by atoms with van der Waals surface area (Å²) in [5.74, 6) is 2.20. The van der Waals surface area contributed by atoms with Gasteiger partial charge in [0.15, 0.2) is 0 Å². The molecule has 0 fully saturated rings. The molecule has 0 aliphatic carbocycles. The van der Waals surface area contributed by atoms with Gasteiger partial charge in [0.25, 0.3) is 0 Å². The van der Waals surface area contributed by atoms with Crippen LogP contribution in [0, 0.1) is 5.82 Å². The highest BCUT2D eigenvalue weighted by molar-refractivity contribution is 5.78. The zero-order valence-corrected chi connectivity index (χ0v) is 19.2. The van der Waals surface area contributed by atoms with Crippen molar-refractivity contribution in [2.45, 2.75) is 38.6 Å². The number of fused-ring (bicyclic) bond motifs is 1. The molecule has 7 nitrogen and oxygen atoms in total. The van der Waals surface area contributed by atoms with Gasteiger partial charge in [0.1, 0.15) is 17.5 Å². The van der Waals surface area contributed by atoms with Gasteiger partial charge in [-0.1, -0.05) is 19.4 Å². The number of hydrogen-bond donors (Lipinski definition) is 2. The number of halogens is 1. The first-order chi connectivity index (χ1) is 16.7. The normalized spacial score (nSPS) is 14.7. The lowest BCUT2D eigenvalue weighted by Gasteiger charge is -2.18. The Balaban J connectivity index is 1.53. The third kappa shape index (κ3) is 4.62. The first-order valence-electron chi connectivity index (χ1n) is 11.8. The molecule has 4 heterocycles. The number of rotatable bonds is 9. The van der Waals surface area contributed by atoms with Gasteiger partial charge >= 0.3 is 0 Å². The third-order valence-electron chi connectivity index (χ3n) is 6.06. The summed E-state index contributed by atoms with van der Waals surface area (Å²) in [7, 11) is 0. The number of unbranched alkanes of at least 4 members (excludes halogenated alkanes) is 1. The highest BCUT2D eigenvalue weighted by Gasteiger charge is 2.30. The largest absolute Gasteiger partial charge is 0.368 e. The molecular formula is C26H28FN7. The molecule has 0 saturated heterocycles. The number of imidazole rings is 1. The van der Waals surface area contributed by atoms with E-state index in [9.17, 15) is 4.39 Å². The first-order valence-corrected chi connectivity index (χ1v) is 11.8. The molecule has 34 heavy (non-hydrogen) atoms. The molecule has 1 aromatic carbocycles. The topological polar surface area (TPSA) is 80.5 Å². The van der Waals surface area contributed by atoms with Crippen LogP contribution in [-0.2, 0) is 6.42 Å². The Morgan fingerprint density at radius 2 is 1.88 bits per heavy atom. The fourth-order valence-corrected chi connectivity index (χ4v) is 4.36. The molecule has 1 aliphatic rings. The number of anilines is 2. The lowest BCUT2D eigenvalue weighted by Crippen LogP contribution is -2.17. The molecule has 0 spiro atoms. The van der Waals surface area contributed by atoms with Gasteiger partial charge in [0.05, 0.1) is 23.1 Å². The molecule has 1 unspecified atom stereocenters. The molecule has 2 N–H and O–H groups in total. The van der Waals surface area contributed by atoms with Crippen LogP contribution in [0.25, 0.3) is 22.6 Å². The molecule has 174 valence electrons. The van der Waals surface area contributed by atoms with E-state index in [1.165, 1.54) is 12.1 Å². The van der Waals surface area contributed by atoms with Crippen LogP contribution in [0.15, 0.2) is 60.9 Å². The highest BCUT2D eigenvalue weighted by Crippen LogP contribution is 2.39. The monoisotopic (exact) mass is 457 g/mol. The first kappa shape index (κ1) is 22.0. The summed E-state index contributed by atoms with van der Waals surface area (Å²) >= 11 is 0. The summed E-state index contributed by atoms with van der Waals surface area (Å²) in [4.78, 5) is 18.6. The van der Waals surface area contributed by atoms with Gasteiger partial charge in [-0.05, 0) is 55.3 Å². The average molecular weight is 458 g/mol. The Bertz CT molecular complexity index is 1240. The average Bonchev–Trinajstić information content (AvgIpc) is 3.44. The van der Waals surface area contributed by atoms with E-state index in [1.54, 1.807) is 24.5 Å². The minimum atomic E-state index is -0.265. The van der Waals surface area contributed by atoms with Gasteiger partial charge in [-0.25, -0.2) is 24.3 Å². The molecule has 0 saturated carbocycles. The summed E-state index contributed by atoms with van der Waals surface area (Å²) in [5, 5.41) is 6.77. The Morgan fingerprint density at radius 3 is 2.68 bits per heavy atom. The molecule has 4 aromatic rings. The van der Waals surface area contributed by atoms with Crippen molar-refractivity contribution >= 4 is 11.8 Å². The van der Waals surface area contributed by atoms with E-state index >= 15 is 0 Å². The minimum absolute atomic E-state index is 0.195.